The van der Waals surface area contributed by atoms with Crippen molar-refractivity contribution in [2.24, 2.45) is 5.73 Å². The van der Waals surface area contributed by atoms with E-state index in [0.29, 0.717) is 118 Å². The number of amides is 6. The number of H-pyrrole nitrogens is 4. The number of hydrogen-bond acceptors (Lipinski definition) is 15. The number of carbonyl (C=O) groups excluding carboxylic acids is 6. The molecule has 0 saturated heterocycles. The zero-order valence-corrected chi connectivity index (χ0v) is 55.6. The SMILES string of the molecule is COc1ccc(CSCCOCCOCCOc2ccc3[nH]cc(CCN4C(=O)c5ccccc5C4=O)c3c2)cc1.NCCc1c[nH]c2ccc(O)cc12.O=C1c2ccccc2C(=O)N1CCc1c[nH]c2ccc(O)cc12.O=C1c2ccccc2C(=O)N1CCc1c[nH]c2ccc(O)cc12. The summed E-state index contributed by atoms with van der Waals surface area (Å²) < 4.78 is 22.4. The number of hydrogen-bond donors (Lipinski definition) is 8. The van der Waals surface area contributed by atoms with Crippen LogP contribution in [0.1, 0.15) is 90.0 Å². The molecule has 4 aromatic heterocycles. The van der Waals surface area contributed by atoms with Crippen LogP contribution in [0.3, 0.4) is 0 Å². The van der Waals surface area contributed by atoms with Gasteiger partial charge in [-0.05, 0) is 181 Å². The fourth-order valence-corrected chi connectivity index (χ4v) is 13.1. The fourth-order valence-electron chi connectivity index (χ4n) is 12.3. The van der Waals surface area contributed by atoms with Crippen LogP contribution in [-0.4, -0.2) is 157 Å². The average molecular weight is 1360 g/mol. The second-order valence-corrected chi connectivity index (χ2v) is 24.9. The summed E-state index contributed by atoms with van der Waals surface area (Å²) in [4.78, 5) is 91.3. The molecule has 15 rings (SSSR count). The van der Waals surface area contributed by atoms with Crippen LogP contribution in [0.5, 0.6) is 28.7 Å². The summed E-state index contributed by atoms with van der Waals surface area (Å²) in [5.41, 5.74) is 17.5. The van der Waals surface area contributed by atoms with Crippen LogP contribution in [0.15, 0.2) is 195 Å². The molecule has 0 aliphatic carbocycles. The molecule has 6 amide bonds. The molecule has 7 heterocycles. The molecule has 510 valence electrons. The van der Waals surface area contributed by atoms with Crippen molar-refractivity contribution in [1.82, 2.24) is 34.6 Å². The molecule has 8 aromatic carbocycles. The summed E-state index contributed by atoms with van der Waals surface area (Å²) >= 11 is 1.84. The van der Waals surface area contributed by atoms with Gasteiger partial charge in [0, 0.05) is 99.5 Å². The Hall–Kier alpha value is -11.4. The van der Waals surface area contributed by atoms with E-state index in [1.54, 1.807) is 128 Å². The van der Waals surface area contributed by atoms with Crippen LogP contribution >= 0.6 is 11.8 Å². The molecule has 0 radical (unpaired) electrons. The van der Waals surface area contributed by atoms with Crippen molar-refractivity contribution in [2.75, 3.05) is 72.1 Å². The first-order valence-corrected chi connectivity index (χ1v) is 33.9. The highest BCUT2D eigenvalue weighted by Crippen LogP contribution is 2.31. The molecule has 3 aliphatic heterocycles. The van der Waals surface area contributed by atoms with E-state index >= 15 is 0 Å². The highest BCUT2D eigenvalue weighted by Gasteiger charge is 2.37. The molecule has 9 N–H and O–H groups in total. The smallest absolute Gasteiger partial charge is 0.261 e. The van der Waals surface area contributed by atoms with Crippen molar-refractivity contribution in [1.29, 1.82) is 0 Å². The summed E-state index contributed by atoms with van der Waals surface area (Å²) in [6.45, 7) is 4.23. The topological polar surface area (TPSA) is 299 Å². The van der Waals surface area contributed by atoms with E-state index in [0.717, 1.165) is 95.3 Å². The standard InChI is InChI=1S/C32H34N2O6S.2C18H14N2O3.C10H12N2O/c1-37-25-8-6-23(7-9-25)22-41-19-18-39-15-14-38-16-17-40-26-10-11-30-29(20-26)24(21-33-30)12-13-34-31(35)27-4-2-3-5-28(27)32(34)36;2*21-12-5-6-16-15(9-12)11(10-19-16)7-8-20-17(22)13-3-1-2-4-14(13)18(20)23;11-4-3-7-6-12-10-2-1-8(13)5-9(7)10/h2-11,20-21,33H,12-19,22H2,1H3;2*1-6,9-10,19,21H,7-8H2;1-2,5-6,12-13H,3-4,11H2. The molecule has 100 heavy (non-hydrogen) atoms. The second kappa shape index (κ2) is 31.8. The van der Waals surface area contributed by atoms with E-state index in [-0.39, 0.29) is 46.9 Å². The minimum atomic E-state index is -0.242. The first-order chi connectivity index (χ1) is 48.7. The van der Waals surface area contributed by atoms with Gasteiger partial charge in [-0.1, -0.05) is 48.5 Å². The number of aromatic nitrogens is 4. The Bertz CT molecular complexity index is 4700. The Morgan fingerprint density at radius 3 is 1.09 bits per heavy atom. The zero-order valence-electron chi connectivity index (χ0n) is 54.8. The Balaban J connectivity index is 0.000000137. The predicted octanol–water partition coefficient (Wildman–Crippen LogP) is 12.2. The molecule has 12 aromatic rings. The first-order valence-electron chi connectivity index (χ1n) is 32.8. The van der Waals surface area contributed by atoms with E-state index in [1.807, 2.05) is 72.9 Å². The Labute approximate surface area is 579 Å². The second-order valence-electron chi connectivity index (χ2n) is 23.8. The van der Waals surface area contributed by atoms with Gasteiger partial charge in [0.2, 0.25) is 0 Å². The van der Waals surface area contributed by atoms with Crippen molar-refractivity contribution >= 4 is 90.8 Å². The van der Waals surface area contributed by atoms with Crippen LogP contribution in [-0.2, 0) is 40.9 Å². The number of ether oxygens (including phenoxy) is 4. The van der Waals surface area contributed by atoms with E-state index in [4.69, 9.17) is 24.7 Å². The minimum absolute atomic E-state index is 0.194. The van der Waals surface area contributed by atoms with Gasteiger partial charge in [-0.3, -0.25) is 43.5 Å². The monoisotopic (exact) mass is 1360 g/mol. The van der Waals surface area contributed by atoms with Crippen LogP contribution in [0.2, 0.25) is 0 Å². The predicted molar refractivity (Wildman–Crippen MR) is 384 cm³/mol. The molecule has 0 bridgehead atoms. The van der Waals surface area contributed by atoms with Crippen LogP contribution in [0.4, 0.5) is 0 Å². The normalized spacial score (nSPS) is 13.0. The molecule has 0 spiro atoms. The van der Waals surface area contributed by atoms with Gasteiger partial charge in [-0.2, -0.15) is 11.8 Å². The maximum Gasteiger partial charge on any atom is 0.261 e. The number of methoxy groups -OCH3 is 1. The summed E-state index contributed by atoms with van der Waals surface area (Å²) in [6, 6.07) is 50.2. The number of nitrogens with one attached hydrogen (secondary N) is 4. The van der Waals surface area contributed by atoms with Crippen molar-refractivity contribution in [2.45, 2.75) is 31.4 Å². The quantitative estimate of drug-likeness (QED) is 0.0206. The number of phenols is 3. The van der Waals surface area contributed by atoms with E-state index in [2.05, 4.69) is 32.1 Å². The van der Waals surface area contributed by atoms with Gasteiger partial charge in [0.05, 0.1) is 66.9 Å². The number of imide groups is 3. The number of rotatable bonds is 24. The Morgan fingerprint density at radius 2 is 0.720 bits per heavy atom. The van der Waals surface area contributed by atoms with E-state index in [9.17, 15) is 44.1 Å². The highest BCUT2D eigenvalue weighted by molar-refractivity contribution is 7.98. The van der Waals surface area contributed by atoms with Crippen molar-refractivity contribution in [3.8, 4) is 28.7 Å². The lowest BCUT2D eigenvalue weighted by Gasteiger charge is -2.13. The van der Waals surface area contributed by atoms with Gasteiger partial charge in [0.1, 0.15) is 35.4 Å². The molecule has 22 heteroatoms. The molecular formula is C78H74N8O13S. The lowest BCUT2D eigenvalue weighted by molar-refractivity contribution is 0.0413. The number of aromatic amines is 4. The van der Waals surface area contributed by atoms with Crippen molar-refractivity contribution in [3.63, 3.8) is 0 Å². The van der Waals surface area contributed by atoms with Crippen LogP contribution < -0.4 is 15.2 Å². The zero-order chi connectivity index (χ0) is 69.7. The largest absolute Gasteiger partial charge is 0.508 e. The lowest BCUT2D eigenvalue weighted by Crippen LogP contribution is -2.31. The summed E-state index contributed by atoms with van der Waals surface area (Å²) in [5.74, 6) is 2.74. The van der Waals surface area contributed by atoms with Crippen molar-refractivity contribution in [3.05, 3.63) is 256 Å². The number of nitrogens with zero attached hydrogens (tertiary/aromatic N) is 3. The van der Waals surface area contributed by atoms with Gasteiger partial charge in [0.15, 0.2) is 0 Å². The maximum absolute atomic E-state index is 12.7. The van der Waals surface area contributed by atoms with Gasteiger partial charge in [-0.15, -0.1) is 0 Å². The molecule has 0 fully saturated rings. The van der Waals surface area contributed by atoms with Crippen LogP contribution in [0.25, 0.3) is 43.6 Å². The van der Waals surface area contributed by atoms with Crippen LogP contribution in [0, 0.1) is 0 Å². The van der Waals surface area contributed by atoms with E-state index in [1.165, 1.54) is 20.3 Å². The minimum Gasteiger partial charge on any atom is -0.508 e. The fraction of sp³-hybridized carbons (Fsp3) is 0.205. The van der Waals surface area contributed by atoms with Gasteiger partial charge in [-0.25, -0.2) is 0 Å². The summed E-state index contributed by atoms with van der Waals surface area (Å²) in [7, 11) is 1.67. The number of aromatic hydroxyl groups is 3. The van der Waals surface area contributed by atoms with E-state index < -0.39 is 0 Å². The number of carbonyl (C=O) groups is 6. The third-order valence-corrected chi connectivity index (χ3v) is 18.5. The Kier molecular flexibility index (Phi) is 21.8. The van der Waals surface area contributed by atoms with Gasteiger partial charge < -0.3 is 59.9 Å². The number of benzene rings is 8. The average Bonchev–Trinajstić information content (AvgIpc) is 1.65. The van der Waals surface area contributed by atoms with Gasteiger partial charge in [0.25, 0.3) is 35.4 Å². The number of phenolic OH excluding ortho intramolecular Hbond substituents is 3. The molecule has 3 aliphatic rings. The Morgan fingerprint density at radius 1 is 0.390 bits per heavy atom. The van der Waals surface area contributed by atoms with Crippen molar-refractivity contribution < 1.29 is 63.0 Å². The first kappa shape index (κ1) is 68.5. The van der Waals surface area contributed by atoms with Gasteiger partial charge >= 0.3 is 0 Å². The summed E-state index contributed by atoms with van der Waals surface area (Å²) in [5, 5.41) is 32.4. The molecule has 0 saturated carbocycles. The lowest BCUT2D eigenvalue weighted by atomic mass is 10.1. The molecule has 0 atom stereocenters. The summed E-state index contributed by atoms with van der Waals surface area (Å²) in [6.07, 6.45) is 10.0. The molecule has 0 unspecified atom stereocenters. The molecule has 21 nitrogen and oxygen atoms in total. The number of nitrogens with two attached hydrogens (primary N) is 1. The number of fused-ring (bicyclic) bond motifs is 7. The molecular weight excluding hydrogens is 1290 g/mol. The third kappa shape index (κ3) is 15.6. The maximum atomic E-state index is 12.7. The number of thioether (sulfide) groups is 1. The highest BCUT2D eigenvalue weighted by atomic mass is 32.2. The third-order valence-electron chi connectivity index (χ3n) is 17.5.